The molecule has 1 unspecified atom stereocenters. The molecule has 51 heavy (non-hydrogen) atoms. The molecule has 0 saturated carbocycles. The third-order valence-electron chi connectivity index (χ3n) is 10.3. The van der Waals surface area contributed by atoms with Crippen molar-refractivity contribution >= 4 is 52.7 Å². The number of amides is 5. The summed E-state index contributed by atoms with van der Waals surface area (Å²) in [7, 11) is 0. The van der Waals surface area contributed by atoms with Crippen LogP contribution in [0.25, 0.3) is 0 Å². The van der Waals surface area contributed by atoms with Crippen molar-refractivity contribution < 1.29 is 26.8 Å². The maximum Gasteiger partial charge on any atom is 0.410 e. The number of hydrogen-bond donors (Lipinski definition) is 1. The van der Waals surface area contributed by atoms with Crippen LogP contribution < -0.4 is 5.32 Å². The van der Waals surface area contributed by atoms with E-state index in [0.29, 0.717) is 39.3 Å². The Morgan fingerprint density at radius 1 is 0.961 bits per heavy atom. The first-order valence-electron chi connectivity index (χ1n) is 18.5. The van der Waals surface area contributed by atoms with Crippen LogP contribution in [-0.4, -0.2) is 105 Å². The molecule has 1 aromatic heterocycles. The number of thiazole rings is 1. The summed E-state index contributed by atoms with van der Waals surface area (Å²) >= 11 is 3.24. The monoisotopic (exact) mass is 742 g/mol. The van der Waals surface area contributed by atoms with Crippen molar-refractivity contribution in [3.63, 3.8) is 0 Å². The van der Waals surface area contributed by atoms with Crippen molar-refractivity contribution in [3.8, 4) is 0 Å². The van der Waals surface area contributed by atoms with Crippen molar-refractivity contribution in [3.05, 3.63) is 45.9 Å². The average Bonchev–Trinajstić information content (AvgIpc) is 3.63. The van der Waals surface area contributed by atoms with Gasteiger partial charge in [0.15, 0.2) is 0 Å². The minimum Gasteiger partial charge on any atom is -0.444 e. The molecular formula is C38H58N6O5S2. The number of hydrogen-bond acceptors (Lipinski definition) is 8. The van der Waals surface area contributed by atoms with Gasteiger partial charge in [-0.25, -0.2) is 14.6 Å². The predicted octanol–water partition coefficient (Wildman–Crippen LogP) is 7.60. The van der Waals surface area contributed by atoms with E-state index in [2.05, 4.69) is 32.2 Å². The molecule has 2 atom stereocenters. The summed E-state index contributed by atoms with van der Waals surface area (Å²) in [5, 5.41) is 3.49. The van der Waals surface area contributed by atoms with E-state index < -0.39 is 10.9 Å². The highest BCUT2D eigenvalue weighted by molar-refractivity contribution is 8.01. The molecule has 0 radical (unpaired) electrons. The number of fused-ring (bicyclic) bond motifs is 1. The number of thioether (sulfide) groups is 1. The van der Waals surface area contributed by atoms with Crippen molar-refractivity contribution in [2.45, 2.75) is 115 Å². The number of anilines is 1. The number of urea groups is 1. The third kappa shape index (κ3) is 9.19. The summed E-state index contributed by atoms with van der Waals surface area (Å²) in [6.45, 7) is 15.9. The summed E-state index contributed by atoms with van der Waals surface area (Å²) in [5.41, 5.74) is 1.56. The molecule has 4 aliphatic rings. The van der Waals surface area contributed by atoms with Crippen LogP contribution in [-0.2, 0) is 20.7 Å². The molecule has 3 saturated heterocycles. The molecule has 4 aliphatic heterocycles. The molecule has 13 heteroatoms. The Bertz CT molecular complexity index is 1600. The van der Waals surface area contributed by atoms with Gasteiger partial charge in [0.2, 0.25) is 11.8 Å². The second kappa shape index (κ2) is 15.3. The van der Waals surface area contributed by atoms with Crippen LogP contribution in [0.4, 0.5) is 15.3 Å². The summed E-state index contributed by atoms with van der Waals surface area (Å²) in [4.78, 5) is 66.8. The normalized spacial score (nSPS) is 22.5. The zero-order valence-corrected chi connectivity index (χ0v) is 32.6. The second-order valence-electron chi connectivity index (χ2n) is 16.5. The lowest BCUT2D eigenvalue weighted by molar-refractivity contribution is -0.137. The topological polar surface area (TPSA) is 115 Å². The fourth-order valence-electron chi connectivity index (χ4n) is 7.32. The number of ether oxygens (including phenoxy) is 1. The summed E-state index contributed by atoms with van der Waals surface area (Å²) in [6.07, 6.45) is 6.57. The highest BCUT2D eigenvalue weighted by Gasteiger charge is 2.44. The fourth-order valence-corrected chi connectivity index (χ4v) is 10.1. The van der Waals surface area contributed by atoms with Gasteiger partial charge in [0.25, 0.3) is 0 Å². The Morgan fingerprint density at radius 2 is 1.65 bits per heavy atom. The van der Waals surface area contributed by atoms with Crippen molar-refractivity contribution in [1.82, 2.24) is 24.6 Å². The molecular weight excluding hydrogens is 685 g/mol. The van der Waals surface area contributed by atoms with Crippen LogP contribution in [0.1, 0.15) is 110 Å². The van der Waals surface area contributed by atoms with E-state index in [-0.39, 0.29) is 56.0 Å². The van der Waals surface area contributed by atoms with E-state index in [4.69, 9.17) is 9.72 Å². The van der Waals surface area contributed by atoms with Crippen molar-refractivity contribution in [2.75, 3.05) is 44.6 Å². The summed E-state index contributed by atoms with van der Waals surface area (Å²) < 4.78 is 5.57. The molecule has 5 amide bonds. The Labute approximate surface area is 313 Å². The molecule has 1 aromatic carbocycles. The first-order chi connectivity index (χ1) is 24.1. The van der Waals surface area contributed by atoms with Crippen LogP contribution in [0.5, 0.6) is 0 Å². The van der Waals surface area contributed by atoms with E-state index >= 15 is 0 Å². The first-order valence-corrected chi connectivity index (χ1v) is 20.2. The molecule has 0 spiro atoms. The van der Waals surface area contributed by atoms with Crippen molar-refractivity contribution in [2.24, 2.45) is 5.41 Å². The highest BCUT2D eigenvalue weighted by Crippen LogP contribution is 2.48. The molecule has 282 valence electrons. The number of benzene rings is 1. The number of piperidine rings is 2. The fraction of sp³-hybridized carbons (Fsp3) is 0.658. The molecule has 11 nitrogen and oxygen atoms in total. The van der Waals surface area contributed by atoms with Gasteiger partial charge in [-0.05, 0) is 76.3 Å². The van der Waals surface area contributed by atoms with Crippen LogP contribution in [0.3, 0.4) is 0 Å². The Morgan fingerprint density at radius 3 is 2.33 bits per heavy atom. The minimum atomic E-state index is -0.521. The number of carbonyl (C=O) groups is 4. The number of likely N-dealkylation sites (tertiary alicyclic amines) is 2. The summed E-state index contributed by atoms with van der Waals surface area (Å²) in [6, 6.07) is 7.95. The van der Waals surface area contributed by atoms with E-state index in [1.54, 1.807) is 28.0 Å². The quantitative estimate of drug-likeness (QED) is 0.311. The van der Waals surface area contributed by atoms with Gasteiger partial charge in [-0.2, -0.15) is 0 Å². The lowest BCUT2D eigenvalue weighted by Crippen LogP contribution is -2.50. The second-order valence-corrected chi connectivity index (χ2v) is 18.9. The molecule has 2 aromatic rings. The zero-order valence-electron chi connectivity index (χ0n) is 31.0. The smallest absolute Gasteiger partial charge is 0.410 e. The Kier molecular flexibility index (Phi) is 11.3. The van der Waals surface area contributed by atoms with Crippen LogP contribution in [0.15, 0.2) is 30.5 Å². The summed E-state index contributed by atoms with van der Waals surface area (Å²) in [5.74, 6) is 0.285. The predicted molar refractivity (Wildman–Crippen MR) is 206 cm³/mol. The lowest BCUT2D eigenvalue weighted by atomic mass is 9.92. The first kappa shape index (κ1) is 37.4. The number of nitrogens with one attached hydrogen (secondary N) is 1. The van der Waals surface area contributed by atoms with E-state index in [9.17, 15) is 19.2 Å². The van der Waals surface area contributed by atoms with Gasteiger partial charge < -0.3 is 29.7 Å². The van der Waals surface area contributed by atoms with E-state index in [1.165, 1.54) is 0 Å². The molecule has 5 heterocycles. The van der Waals surface area contributed by atoms with Crippen LogP contribution >= 0.6 is 23.1 Å². The number of aromatic nitrogens is 1. The number of rotatable bonds is 7. The highest BCUT2D eigenvalue weighted by atomic mass is 32.2. The molecule has 0 aliphatic carbocycles. The third-order valence-corrected chi connectivity index (χ3v) is 13.1. The average molecular weight is 743 g/mol. The molecule has 3 fully saturated rings. The van der Waals surface area contributed by atoms with Crippen LogP contribution in [0.2, 0.25) is 0 Å². The minimum absolute atomic E-state index is 0. The van der Waals surface area contributed by atoms with E-state index in [1.807, 2.05) is 59.9 Å². The lowest BCUT2D eigenvalue weighted by Gasteiger charge is -2.38. The SMILES string of the molecule is CC(C)(C)CCN1C(=O)[C@H](CC(=O)N2CCC(N3CCc4ccccc4NC3=O)CC2)SC1c1cnc(C2CCN(C(=O)OC(C)(C)C)CC2)s1.[HH].[HH]. The van der Waals surface area contributed by atoms with Crippen molar-refractivity contribution in [1.29, 1.82) is 0 Å². The molecule has 6 rings (SSSR count). The standard InChI is InChI=1S/C38H54N6O5S2.2H2/c1-37(2,3)16-22-44-33(46)29(51-34(44)30-24-39-32(50-30)26-11-17-42(18-12-26)36(48)49-38(4,5)6)23-31(45)41-19-14-27(15-20-41)43-21-13-25-9-7-8-10-28(25)40-35(43)47;;/h7-10,24,26-27,29,34H,11-23H2,1-6H3,(H,40,47);2*1H/t29-,34?;;/m0../s1. The maximum atomic E-state index is 14.0. The van der Waals surface area contributed by atoms with Gasteiger partial charge in [0, 0.05) is 72.4 Å². The van der Waals surface area contributed by atoms with Gasteiger partial charge in [-0.3, -0.25) is 9.59 Å². The Balaban J connectivity index is 0.00000314. The number of carbonyl (C=O) groups excluding carboxylic acids is 4. The molecule has 0 bridgehead atoms. The van der Waals surface area contributed by atoms with E-state index in [0.717, 1.165) is 59.7 Å². The van der Waals surface area contributed by atoms with Crippen LogP contribution in [0, 0.1) is 5.41 Å². The van der Waals surface area contributed by atoms with Gasteiger partial charge in [0.1, 0.15) is 11.0 Å². The zero-order chi connectivity index (χ0) is 36.5. The van der Waals surface area contributed by atoms with Gasteiger partial charge in [-0.15, -0.1) is 23.1 Å². The maximum absolute atomic E-state index is 14.0. The number of nitrogens with zero attached hydrogens (tertiary/aromatic N) is 5. The van der Waals surface area contributed by atoms with Gasteiger partial charge >= 0.3 is 12.1 Å². The van der Waals surface area contributed by atoms with Gasteiger partial charge in [-0.1, -0.05) is 39.0 Å². The van der Waals surface area contributed by atoms with Gasteiger partial charge in [0.05, 0.1) is 15.1 Å². The number of para-hydroxylation sites is 1. The molecule has 1 N–H and O–H groups in total. The largest absolute Gasteiger partial charge is 0.444 e. The Hall–Kier alpha value is -3.32.